The minimum atomic E-state index is -0.769. The third kappa shape index (κ3) is 2.54. The smallest absolute Gasteiger partial charge is 0.320 e. The highest BCUT2D eigenvalue weighted by molar-refractivity contribution is 6.31. The number of rotatable bonds is 3. The number of aryl methyl sites for hydroxylation is 1. The molecule has 0 atom stereocenters. The van der Waals surface area contributed by atoms with Gasteiger partial charge in [-0.15, -0.1) is 0 Å². The monoisotopic (exact) mass is 296 g/mol. The number of nitrogens with one attached hydrogen (secondary N) is 1. The number of phenols is 1. The Morgan fingerprint density at radius 2 is 2.25 bits per heavy atom. The summed E-state index contributed by atoms with van der Waals surface area (Å²) in [6.07, 6.45) is 0.979. The number of amides is 1. The molecule has 1 heterocycles. The van der Waals surface area contributed by atoms with Gasteiger partial charge in [-0.3, -0.25) is 19.6 Å². The molecule has 0 aliphatic heterocycles. The van der Waals surface area contributed by atoms with Crippen molar-refractivity contribution < 1.29 is 14.8 Å². The van der Waals surface area contributed by atoms with E-state index in [1.54, 1.807) is 0 Å². The minimum Gasteiger partial charge on any atom is -0.506 e. The molecule has 9 heteroatoms. The second-order valence-electron chi connectivity index (χ2n) is 3.87. The van der Waals surface area contributed by atoms with Crippen LogP contribution in [0.4, 0.5) is 11.4 Å². The average Bonchev–Trinajstić information content (AvgIpc) is 2.76. The molecule has 0 spiro atoms. The van der Waals surface area contributed by atoms with Crippen LogP contribution in [0, 0.1) is 10.1 Å². The van der Waals surface area contributed by atoms with E-state index in [2.05, 4.69) is 10.4 Å². The maximum atomic E-state index is 12.1. The first-order chi connectivity index (χ1) is 9.40. The third-order valence-corrected chi connectivity index (χ3v) is 2.77. The Hall–Kier alpha value is -2.61. The standard InChI is InChI=1S/C11H9ClN4O4/c1-15-10(8(5-13-15)16(19)20)11(18)14-7-4-6(12)2-3-9(7)17/h2-5,17H,1H3,(H,14,18). The summed E-state index contributed by atoms with van der Waals surface area (Å²) in [5.41, 5.74) is -0.598. The number of hydrogen-bond acceptors (Lipinski definition) is 5. The maximum Gasteiger partial charge on any atom is 0.320 e. The first-order valence-electron chi connectivity index (χ1n) is 5.36. The summed E-state index contributed by atoms with van der Waals surface area (Å²) in [6, 6.07) is 4.08. The first kappa shape index (κ1) is 13.8. The number of phenolic OH excluding ortho intramolecular Hbond substituents is 1. The molecule has 0 saturated heterocycles. The largest absolute Gasteiger partial charge is 0.506 e. The molecule has 0 aliphatic rings. The van der Waals surface area contributed by atoms with E-state index in [9.17, 15) is 20.0 Å². The Kier molecular flexibility index (Phi) is 3.57. The van der Waals surface area contributed by atoms with Crippen molar-refractivity contribution in [3.05, 3.63) is 45.2 Å². The number of aromatic hydroxyl groups is 1. The number of carbonyl (C=O) groups excluding carboxylic acids is 1. The Labute approximate surface area is 117 Å². The Morgan fingerprint density at radius 3 is 2.90 bits per heavy atom. The van der Waals surface area contributed by atoms with Crippen molar-refractivity contribution >= 4 is 28.9 Å². The van der Waals surface area contributed by atoms with Gasteiger partial charge < -0.3 is 10.4 Å². The van der Waals surface area contributed by atoms with E-state index in [0.29, 0.717) is 5.02 Å². The molecule has 1 aromatic carbocycles. The lowest BCUT2D eigenvalue weighted by atomic mass is 10.2. The molecule has 0 radical (unpaired) electrons. The summed E-state index contributed by atoms with van der Waals surface area (Å²) in [7, 11) is 1.40. The molecular formula is C11H9ClN4O4. The van der Waals surface area contributed by atoms with Gasteiger partial charge in [-0.1, -0.05) is 11.6 Å². The number of carbonyl (C=O) groups is 1. The molecular weight excluding hydrogens is 288 g/mol. The first-order valence-corrected chi connectivity index (χ1v) is 5.74. The van der Waals surface area contributed by atoms with Crippen molar-refractivity contribution in [2.24, 2.45) is 7.05 Å². The molecule has 104 valence electrons. The van der Waals surface area contributed by atoms with E-state index in [0.717, 1.165) is 10.9 Å². The summed E-state index contributed by atoms with van der Waals surface area (Å²) in [6.45, 7) is 0. The number of halogens is 1. The second-order valence-corrected chi connectivity index (χ2v) is 4.31. The van der Waals surface area contributed by atoms with Gasteiger partial charge in [-0.2, -0.15) is 5.10 Å². The van der Waals surface area contributed by atoms with Gasteiger partial charge in [0.15, 0.2) is 0 Å². The van der Waals surface area contributed by atoms with Crippen molar-refractivity contribution in [2.45, 2.75) is 0 Å². The Bertz CT molecular complexity index is 698. The molecule has 0 bridgehead atoms. The van der Waals surface area contributed by atoms with E-state index >= 15 is 0 Å². The lowest BCUT2D eigenvalue weighted by molar-refractivity contribution is -0.385. The van der Waals surface area contributed by atoms with E-state index in [1.165, 1.54) is 25.2 Å². The number of nitrogens with zero attached hydrogens (tertiary/aromatic N) is 3. The number of anilines is 1. The Morgan fingerprint density at radius 1 is 1.55 bits per heavy atom. The van der Waals surface area contributed by atoms with Crippen LogP contribution in [0.5, 0.6) is 5.75 Å². The summed E-state index contributed by atoms with van der Waals surface area (Å²) in [5.74, 6) is -0.971. The molecule has 0 unspecified atom stereocenters. The molecule has 0 saturated carbocycles. The summed E-state index contributed by atoms with van der Waals surface area (Å²) < 4.78 is 1.08. The van der Waals surface area contributed by atoms with Gasteiger partial charge in [0.05, 0.1) is 10.6 Å². The van der Waals surface area contributed by atoms with E-state index in [4.69, 9.17) is 11.6 Å². The van der Waals surface area contributed by atoms with Crippen molar-refractivity contribution in [3.63, 3.8) is 0 Å². The molecule has 1 aromatic heterocycles. The van der Waals surface area contributed by atoms with Gasteiger partial charge in [0.1, 0.15) is 11.9 Å². The zero-order chi connectivity index (χ0) is 14.9. The number of aromatic nitrogens is 2. The molecule has 2 rings (SSSR count). The number of nitro groups is 1. The minimum absolute atomic E-state index is 0.0537. The predicted molar refractivity (Wildman–Crippen MR) is 70.9 cm³/mol. The molecule has 0 fully saturated rings. The molecule has 0 aliphatic carbocycles. The fourth-order valence-corrected chi connectivity index (χ4v) is 1.78. The van der Waals surface area contributed by atoms with Gasteiger partial charge in [0.25, 0.3) is 5.91 Å². The lowest BCUT2D eigenvalue weighted by Crippen LogP contribution is -2.17. The van der Waals surface area contributed by atoms with E-state index < -0.39 is 16.5 Å². The normalized spacial score (nSPS) is 10.3. The van der Waals surface area contributed by atoms with Crippen molar-refractivity contribution in [1.82, 2.24) is 9.78 Å². The van der Waals surface area contributed by atoms with Crippen molar-refractivity contribution in [3.8, 4) is 5.75 Å². The van der Waals surface area contributed by atoms with Crippen LogP contribution in [0.3, 0.4) is 0 Å². The van der Waals surface area contributed by atoms with Crippen LogP contribution in [-0.4, -0.2) is 25.7 Å². The molecule has 1 amide bonds. The van der Waals surface area contributed by atoms with Gasteiger partial charge in [-0.05, 0) is 18.2 Å². The predicted octanol–water partition coefficient (Wildman–Crippen LogP) is 1.94. The van der Waals surface area contributed by atoms with Crippen molar-refractivity contribution in [2.75, 3.05) is 5.32 Å². The van der Waals surface area contributed by atoms with Crippen LogP contribution in [0.15, 0.2) is 24.4 Å². The average molecular weight is 297 g/mol. The molecule has 8 nitrogen and oxygen atoms in total. The van der Waals surface area contributed by atoms with Crippen LogP contribution < -0.4 is 5.32 Å². The number of hydrogen-bond donors (Lipinski definition) is 2. The van der Waals surface area contributed by atoms with Crippen LogP contribution in [-0.2, 0) is 7.05 Å². The highest BCUT2D eigenvalue weighted by Crippen LogP contribution is 2.28. The Balaban J connectivity index is 2.36. The summed E-state index contributed by atoms with van der Waals surface area (Å²) >= 11 is 5.75. The SMILES string of the molecule is Cn1ncc([N+](=O)[O-])c1C(=O)Nc1cc(Cl)ccc1O. The highest BCUT2D eigenvalue weighted by Gasteiger charge is 2.26. The summed E-state index contributed by atoms with van der Waals surface area (Å²) in [5, 5.41) is 26.7. The van der Waals surface area contributed by atoms with Gasteiger partial charge in [0, 0.05) is 12.1 Å². The van der Waals surface area contributed by atoms with Crippen LogP contribution >= 0.6 is 11.6 Å². The highest BCUT2D eigenvalue weighted by atomic mass is 35.5. The van der Waals surface area contributed by atoms with E-state index in [-0.39, 0.29) is 17.1 Å². The molecule has 2 aromatic rings. The molecule has 2 N–H and O–H groups in total. The third-order valence-electron chi connectivity index (χ3n) is 2.54. The zero-order valence-electron chi connectivity index (χ0n) is 10.2. The quantitative estimate of drug-likeness (QED) is 0.511. The van der Waals surface area contributed by atoms with Gasteiger partial charge in [0.2, 0.25) is 5.69 Å². The summed E-state index contributed by atoms with van der Waals surface area (Å²) in [4.78, 5) is 22.2. The van der Waals surface area contributed by atoms with Crippen LogP contribution in [0.1, 0.15) is 10.5 Å². The topological polar surface area (TPSA) is 110 Å². The maximum absolute atomic E-state index is 12.1. The van der Waals surface area contributed by atoms with Crippen molar-refractivity contribution in [1.29, 1.82) is 0 Å². The second kappa shape index (κ2) is 5.17. The fraction of sp³-hybridized carbons (Fsp3) is 0.0909. The van der Waals surface area contributed by atoms with Gasteiger partial charge >= 0.3 is 5.69 Å². The number of benzene rings is 1. The lowest BCUT2D eigenvalue weighted by Gasteiger charge is -2.07. The van der Waals surface area contributed by atoms with Crippen LogP contribution in [0.2, 0.25) is 5.02 Å². The zero-order valence-corrected chi connectivity index (χ0v) is 11.0. The fourth-order valence-electron chi connectivity index (χ4n) is 1.61. The molecule has 20 heavy (non-hydrogen) atoms. The van der Waals surface area contributed by atoms with E-state index in [1.807, 2.05) is 0 Å². The van der Waals surface area contributed by atoms with Gasteiger partial charge in [-0.25, -0.2) is 0 Å². The van der Waals surface area contributed by atoms with Crippen LogP contribution in [0.25, 0.3) is 0 Å².